The average molecular weight is 599 g/mol. The van der Waals surface area contributed by atoms with Crippen LogP contribution in [-0.4, -0.2) is 18.3 Å². The molecule has 0 aliphatic carbocycles. The molecule has 4 nitrogen and oxygen atoms in total. The summed E-state index contributed by atoms with van der Waals surface area (Å²) in [6.45, 7) is 16.5. The van der Waals surface area contributed by atoms with Crippen molar-refractivity contribution in [1.82, 2.24) is 18.3 Å². The van der Waals surface area contributed by atoms with Crippen LogP contribution in [0.2, 0.25) is 0 Å². The van der Waals surface area contributed by atoms with Gasteiger partial charge in [-0.3, -0.25) is 0 Å². The molecule has 170 valence electrons. The van der Waals surface area contributed by atoms with Gasteiger partial charge < -0.3 is 68.8 Å². The molecule has 2 heterocycles. The van der Waals surface area contributed by atoms with E-state index < -0.39 is 0 Å². The Kier molecular flexibility index (Phi) is 12.0. The number of nitrogens with zero attached hydrogens (tertiary/aromatic N) is 4. The maximum atomic E-state index is 5.35. The first-order chi connectivity index (χ1) is 12.7. The number of hydrogen-bond acceptors (Lipinski definition) is 6. The second kappa shape index (κ2) is 11.9. The van der Waals surface area contributed by atoms with Crippen molar-refractivity contribution in [3.05, 3.63) is 9.54 Å². The number of hydrogen-bond donors (Lipinski definition) is 0. The predicted octanol–water partition coefficient (Wildman–Crippen LogP) is 5.98. The van der Waals surface area contributed by atoms with Gasteiger partial charge in [-0.05, 0) is 79.8 Å². The Hall–Kier alpha value is 0.402. The molecular formula is C18H28N4PdS6-4. The van der Waals surface area contributed by atoms with Gasteiger partial charge in [0, 0.05) is 44.6 Å². The summed E-state index contributed by atoms with van der Waals surface area (Å²) in [6.07, 6.45) is 0. The molecule has 0 saturated heterocycles. The molecule has 0 aromatic carbocycles. The quantitative estimate of drug-likeness (QED) is 0.243. The molecule has 0 unspecified atom stereocenters. The normalized spacial score (nSPS) is 11.2. The summed E-state index contributed by atoms with van der Waals surface area (Å²) in [6, 6.07) is 1.10. The minimum atomic E-state index is 0. The van der Waals surface area contributed by atoms with Gasteiger partial charge in [0.25, 0.3) is 0 Å². The number of imidazole rings is 2. The third-order valence-corrected chi connectivity index (χ3v) is 6.74. The van der Waals surface area contributed by atoms with Crippen LogP contribution in [0.25, 0.3) is 0 Å². The summed E-state index contributed by atoms with van der Waals surface area (Å²) < 4.78 is 9.23. The van der Waals surface area contributed by atoms with E-state index in [-0.39, 0.29) is 44.6 Å². The van der Waals surface area contributed by atoms with Gasteiger partial charge in [-0.25, -0.2) is 0 Å². The Morgan fingerprint density at radius 2 is 0.621 bits per heavy atom. The Morgan fingerprint density at radius 1 is 0.483 bits per heavy atom. The molecule has 11 heteroatoms. The van der Waals surface area contributed by atoms with E-state index in [1.54, 1.807) is 0 Å². The van der Waals surface area contributed by atoms with Crippen LogP contribution in [0.15, 0.2) is 20.1 Å². The Bertz CT molecular complexity index is 789. The van der Waals surface area contributed by atoms with Gasteiger partial charge in [0.05, 0.1) is 0 Å². The summed E-state index contributed by atoms with van der Waals surface area (Å²) >= 11 is 31.8. The minimum absolute atomic E-state index is 0. The van der Waals surface area contributed by atoms with Crippen molar-refractivity contribution in [1.29, 1.82) is 0 Å². The maximum Gasteiger partial charge on any atom is 0.177 e. The van der Waals surface area contributed by atoms with E-state index >= 15 is 0 Å². The summed E-state index contributed by atoms with van der Waals surface area (Å²) in [5.41, 5.74) is 0. The molecule has 0 bridgehead atoms. The Morgan fingerprint density at radius 3 is 0.690 bits per heavy atom. The zero-order valence-electron chi connectivity index (χ0n) is 17.9. The van der Waals surface area contributed by atoms with E-state index in [0.717, 1.165) is 9.54 Å². The van der Waals surface area contributed by atoms with Crippen molar-refractivity contribution in [2.24, 2.45) is 0 Å². The molecule has 2 aromatic heterocycles. The largest absolute Gasteiger partial charge is 0.762 e. The van der Waals surface area contributed by atoms with E-state index in [1.807, 2.05) is 18.3 Å². The fourth-order valence-electron chi connectivity index (χ4n) is 2.81. The second-order valence-electron chi connectivity index (χ2n) is 7.64. The molecule has 0 radical (unpaired) electrons. The van der Waals surface area contributed by atoms with Gasteiger partial charge in [-0.2, -0.15) is 0 Å². The summed E-state index contributed by atoms with van der Waals surface area (Å²) in [5, 5.41) is 2.75. The van der Waals surface area contributed by atoms with Crippen molar-refractivity contribution in [2.75, 3.05) is 0 Å². The first-order valence-corrected chi connectivity index (χ1v) is 11.6. The molecule has 0 aliphatic heterocycles. The Balaban J connectivity index is 0.000000523. The molecule has 2 aromatic rings. The van der Waals surface area contributed by atoms with Crippen molar-refractivity contribution in [3.63, 3.8) is 0 Å². The zero-order valence-corrected chi connectivity index (χ0v) is 24.3. The van der Waals surface area contributed by atoms with E-state index in [9.17, 15) is 0 Å². The molecule has 0 aliphatic rings. The molecule has 29 heavy (non-hydrogen) atoms. The van der Waals surface area contributed by atoms with Crippen LogP contribution in [0.4, 0.5) is 0 Å². The minimum Gasteiger partial charge on any atom is -0.762 e. The van der Waals surface area contributed by atoms with Crippen LogP contribution in [0.3, 0.4) is 0 Å². The summed E-state index contributed by atoms with van der Waals surface area (Å²) in [5.74, 6) is 0. The smallest absolute Gasteiger partial charge is 0.177 e. The number of aromatic nitrogens is 4. The molecule has 0 spiro atoms. The Labute approximate surface area is 221 Å². The van der Waals surface area contributed by atoms with Gasteiger partial charge in [0.15, 0.2) is 9.54 Å². The fourth-order valence-corrected chi connectivity index (χ4v) is 5.84. The van der Waals surface area contributed by atoms with Crippen LogP contribution in [0.1, 0.15) is 79.6 Å². The predicted molar refractivity (Wildman–Crippen MR) is 131 cm³/mol. The van der Waals surface area contributed by atoms with Gasteiger partial charge >= 0.3 is 0 Å². The van der Waals surface area contributed by atoms with Crippen molar-refractivity contribution >= 4 is 75.0 Å². The standard InChI is InChI=1S/2C9H16N2S3.Pd/c2*1-5(2)10-7(12)8(13)11(6(3)4)9(10)14;/h2*5-6,12-13H,1-4H3;/p-4. The van der Waals surface area contributed by atoms with Crippen molar-refractivity contribution < 1.29 is 20.4 Å². The molecule has 0 atom stereocenters. The third-order valence-electron chi connectivity index (χ3n) is 4.13. The van der Waals surface area contributed by atoms with E-state index in [0.29, 0.717) is 20.1 Å². The maximum absolute atomic E-state index is 5.35. The third kappa shape index (κ3) is 6.22. The topological polar surface area (TPSA) is 19.7 Å². The van der Waals surface area contributed by atoms with Gasteiger partial charge in [-0.1, -0.05) is 0 Å². The van der Waals surface area contributed by atoms with E-state index in [2.05, 4.69) is 55.4 Å². The molecule has 0 saturated carbocycles. The van der Waals surface area contributed by atoms with Gasteiger partial charge in [-0.15, -0.1) is 20.1 Å². The first-order valence-electron chi connectivity index (χ1n) is 9.17. The van der Waals surface area contributed by atoms with Crippen molar-refractivity contribution in [3.8, 4) is 0 Å². The van der Waals surface area contributed by atoms with E-state index in [1.165, 1.54) is 0 Å². The number of rotatable bonds is 4. The van der Waals surface area contributed by atoms with Crippen molar-refractivity contribution in [2.45, 2.75) is 99.7 Å². The van der Waals surface area contributed by atoms with Crippen LogP contribution in [-0.2, 0) is 70.9 Å². The average Bonchev–Trinajstić information content (AvgIpc) is 2.90. The fraction of sp³-hybridized carbons (Fsp3) is 0.667. The van der Waals surface area contributed by atoms with E-state index in [4.69, 9.17) is 75.0 Å². The summed E-state index contributed by atoms with van der Waals surface area (Å²) in [4.78, 5) is 0. The zero-order chi connectivity index (χ0) is 22.1. The molecular weight excluding hydrogens is 571 g/mol. The summed E-state index contributed by atoms with van der Waals surface area (Å²) in [7, 11) is 0. The molecule has 0 N–H and O–H groups in total. The SMILES string of the molecule is CC(C)n1c([S-])c([S-])n(C(C)C)c1=S.CC(C)n1c([S-])c([S-])n(C(C)C)c1=S.[Pd]. The first kappa shape index (κ1) is 29.4. The van der Waals surface area contributed by atoms with Gasteiger partial charge in [0.1, 0.15) is 0 Å². The second-order valence-corrected chi connectivity index (χ2v) is 9.92. The monoisotopic (exact) mass is 598 g/mol. The van der Waals surface area contributed by atoms with Gasteiger partial charge in [0.2, 0.25) is 0 Å². The molecule has 2 rings (SSSR count). The molecule has 0 fully saturated rings. The van der Waals surface area contributed by atoms with Crippen LogP contribution < -0.4 is 0 Å². The van der Waals surface area contributed by atoms with Crippen LogP contribution in [0, 0.1) is 9.54 Å². The van der Waals surface area contributed by atoms with Crippen LogP contribution in [0.5, 0.6) is 0 Å². The van der Waals surface area contributed by atoms with Crippen LogP contribution >= 0.6 is 24.4 Å². The molecule has 0 amide bonds.